The first kappa shape index (κ1) is 15.7. The zero-order valence-corrected chi connectivity index (χ0v) is 13.0. The molecule has 6 heteroatoms. The minimum absolute atomic E-state index is 0.0447. The first-order valence-electron chi connectivity index (χ1n) is 8.07. The van der Waals surface area contributed by atoms with Crippen molar-refractivity contribution >= 4 is 5.91 Å². The van der Waals surface area contributed by atoms with Crippen LogP contribution in [0.1, 0.15) is 31.6 Å². The lowest BCUT2D eigenvalue weighted by Crippen LogP contribution is -2.31. The highest BCUT2D eigenvalue weighted by molar-refractivity contribution is 5.75. The van der Waals surface area contributed by atoms with Gasteiger partial charge in [0.25, 0.3) is 0 Å². The van der Waals surface area contributed by atoms with Crippen LogP contribution in [0.15, 0.2) is 34.7 Å². The van der Waals surface area contributed by atoms with Crippen LogP contribution in [0.4, 0.5) is 0 Å². The lowest BCUT2D eigenvalue weighted by Gasteiger charge is -2.10. The Morgan fingerprint density at radius 1 is 1.26 bits per heavy atom. The number of rotatable bonds is 7. The van der Waals surface area contributed by atoms with Crippen molar-refractivity contribution < 1.29 is 13.9 Å². The highest BCUT2D eigenvalue weighted by atomic mass is 16.5. The maximum atomic E-state index is 11.8. The first-order chi connectivity index (χ1) is 11.3. The number of aryl methyl sites for hydroxylation is 1. The molecule has 0 saturated carbocycles. The largest absolute Gasteiger partial charge is 0.421 e. The molecule has 1 N–H and O–H groups in total. The number of ether oxygens (including phenoxy) is 1. The van der Waals surface area contributed by atoms with Gasteiger partial charge in [0.05, 0.1) is 6.10 Å². The fraction of sp³-hybridized carbons (Fsp3) is 0.471. The normalized spacial score (nSPS) is 17.3. The van der Waals surface area contributed by atoms with E-state index in [4.69, 9.17) is 9.15 Å². The van der Waals surface area contributed by atoms with Gasteiger partial charge < -0.3 is 14.5 Å². The maximum absolute atomic E-state index is 11.8. The van der Waals surface area contributed by atoms with Crippen molar-refractivity contribution in [2.24, 2.45) is 0 Å². The molecule has 23 heavy (non-hydrogen) atoms. The van der Waals surface area contributed by atoms with Gasteiger partial charge in [0.1, 0.15) is 0 Å². The Labute approximate surface area is 135 Å². The summed E-state index contributed by atoms with van der Waals surface area (Å²) in [6, 6.07) is 9.65. The lowest BCUT2D eigenvalue weighted by molar-refractivity contribution is -0.121. The third-order valence-corrected chi connectivity index (χ3v) is 3.83. The number of carbonyl (C=O) groups is 1. The SMILES string of the molecule is O=C(CCCc1nnc(-c2ccccc2)o1)NC[C@H]1CCCO1. The van der Waals surface area contributed by atoms with Gasteiger partial charge in [0.15, 0.2) is 0 Å². The molecule has 0 radical (unpaired) electrons. The van der Waals surface area contributed by atoms with Crippen LogP contribution in [0, 0.1) is 0 Å². The molecule has 0 unspecified atom stereocenters. The number of benzene rings is 1. The van der Waals surface area contributed by atoms with E-state index in [2.05, 4.69) is 15.5 Å². The van der Waals surface area contributed by atoms with Gasteiger partial charge in [-0.05, 0) is 31.4 Å². The number of hydrogen-bond acceptors (Lipinski definition) is 5. The lowest BCUT2D eigenvalue weighted by atomic mass is 10.2. The molecule has 1 aromatic carbocycles. The Morgan fingerprint density at radius 3 is 2.91 bits per heavy atom. The fourth-order valence-corrected chi connectivity index (χ4v) is 2.57. The second kappa shape index (κ2) is 7.87. The van der Waals surface area contributed by atoms with E-state index in [0.29, 0.717) is 37.6 Å². The first-order valence-corrected chi connectivity index (χ1v) is 8.07. The summed E-state index contributed by atoms with van der Waals surface area (Å²) in [5, 5.41) is 11.0. The van der Waals surface area contributed by atoms with Crippen molar-refractivity contribution in [2.45, 2.75) is 38.2 Å². The van der Waals surface area contributed by atoms with Crippen LogP contribution in [0.3, 0.4) is 0 Å². The highest BCUT2D eigenvalue weighted by Crippen LogP contribution is 2.17. The zero-order chi connectivity index (χ0) is 15.9. The molecule has 6 nitrogen and oxygen atoms in total. The molecule has 1 amide bonds. The topological polar surface area (TPSA) is 77.2 Å². The molecule has 1 fully saturated rings. The van der Waals surface area contributed by atoms with Crippen LogP contribution in [0.2, 0.25) is 0 Å². The van der Waals surface area contributed by atoms with Crippen LogP contribution in [0.5, 0.6) is 0 Å². The van der Waals surface area contributed by atoms with E-state index in [1.54, 1.807) is 0 Å². The van der Waals surface area contributed by atoms with Gasteiger partial charge in [0, 0.05) is 31.6 Å². The standard InChI is InChI=1S/C17H21N3O3/c21-15(18-12-14-8-5-11-22-14)9-4-10-16-19-20-17(23-16)13-6-2-1-3-7-13/h1-3,6-7,14H,4-5,8-12H2,(H,18,21)/t14-/m1/s1. The summed E-state index contributed by atoms with van der Waals surface area (Å²) >= 11 is 0. The van der Waals surface area contributed by atoms with Crippen LogP contribution in [-0.2, 0) is 16.0 Å². The molecular formula is C17H21N3O3. The number of carbonyl (C=O) groups excluding carboxylic acids is 1. The Morgan fingerprint density at radius 2 is 2.13 bits per heavy atom. The fourth-order valence-electron chi connectivity index (χ4n) is 2.57. The van der Waals surface area contributed by atoms with E-state index in [1.165, 1.54) is 0 Å². The van der Waals surface area contributed by atoms with Crippen LogP contribution in [0.25, 0.3) is 11.5 Å². The number of amides is 1. The van der Waals surface area contributed by atoms with Gasteiger partial charge in [0.2, 0.25) is 17.7 Å². The molecule has 1 aliphatic rings. The highest BCUT2D eigenvalue weighted by Gasteiger charge is 2.16. The number of nitrogens with one attached hydrogen (secondary N) is 1. The van der Waals surface area contributed by atoms with Crippen LogP contribution < -0.4 is 5.32 Å². The third kappa shape index (κ3) is 4.63. The average Bonchev–Trinajstić information content (AvgIpc) is 3.26. The van der Waals surface area contributed by atoms with Gasteiger partial charge in [-0.15, -0.1) is 10.2 Å². The Hall–Kier alpha value is -2.21. The molecule has 1 aliphatic heterocycles. The van der Waals surface area contributed by atoms with Gasteiger partial charge in [-0.25, -0.2) is 0 Å². The Kier molecular flexibility index (Phi) is 5.37. The smallest absolute Gasteiger partial charge is 0.247 e. The van der Waals surface area contributed by atoms with E-state index < -0.39 is 0 Å². The minimum Gasteiger partial charge on any atom is -0.421 e. The van der Waals surface area contributed by atoms with Crippen molar-refractivity contribution in [3.05, 3.63) is 36.2 Å². The molecule has 1 atom stereocenters. The van der Waals surface area contributed by atoms with E-state index in [-0.39, 0.29) is 12.0 Å². The molecule has 2 aromatic rings. The predicted octanol–water partition coefficient (Wildman–Crippen LogP) is 2.35. The quantitative estimate of drug-likeness (QED) is 0.848. The van der Waals surface area contributed by atoms with Gasteiger partial charge in [-0.3, -0.25) is 4.79 Å². The maximum Gasteiger partial charge on any atom is 0.247 e. The molecule has 2 heterocycles. The van der Waals surface area contributed by atoms with Crippen LogP contribution in [-0.4, -0.2) is 35.4 Å². The molecule has 3 rings (SSSR count). The summed E-state index contributed by atoms with van der Waals surface area (Å²) in [6.45, 7) is 1.42. The number of nitrogens with zero attached hydrogens (tertiary/aromatic N) is 2. The molecule has 1 aromatic heterocycles. The molecule has 1 saturated heterocycles. The van der Waals surface area contributed by atoms with Crippen molar-refractivity contribution in [2.75, 3.05) is 13.2 Å². The van der Waals surface area contributed by atoms with Gasteiger partial charge >= 0.3 is 0 Å². The summed E-state index contributed by atoms with van der Waals surface area (Å²) in [6.07, 6.45) is 4.05. The summed E-state index contributed by atoms with van der Waals surface area (Å²) < 4.78 is 11.1. The van der Waals surface area contributed by atoms with Crippen molar-refractivity contribution in [1.29, 1.82) is 0 Å². The average molecular weight is 315 g/mol. The molecule has 0 aliphatic carbocycles. The predicted molar refractivity (Wildman–Crippen MR) is 84.7 cm³/mol. The van der Waals surface area contributed by atoms with Crippen molar-refractivity contribution in [1.82, 2.24) is 15.5 Å². The van der Waals surface area contributed by atoms with Crippen molar-refractivity contribution in [3.8, 4) is 11.5 Å². The zero-order valence-electron chi connectivity index (χ0n) is 13.0. The number of aromatic nitrogens is 2. The molecule has 0 bridgehead atoms. The van der Waals surface area contributed by atoms with Crippen molar-refractivity contribution in [3.63, 3.8) is 0 Å². The number of hydrogen-bond donors (Lipinski definition) is 1. The minimum atomic E-state index is 0.0447. The summed E-state index contributed by atoms with van der Waals surface area (Å²) in [4.78, 5) is 11.8. The summed E-state index contributed by atoms with van der Waals surface area (Å²) in [7, 11) is 0. The molecule has 0 spiro atoms. The van der Waals surface area contributed by atoms with Gasteiger partial charge in [-0.2, -0.15) is 0 Å². The van der Waals surface area contributed by atoms with Gasteiger partial charge in [-0.1, -0.05) is 18.2 Å². The van der Waals surface area contributed by atoms with E-state index in [1.807, 2.05) is 30.3 Å². The monoisotopic (exact) mass is 315 g/mol. The third-order valence-electron chi connectivity index (χ3n) is 3.83. The second-order valence-electron chi connectivity index (χ2n) is 5.66. The Bertz CT molecular complexity index is 621. The van der Waals surface area contributed by atoms with E-state index >= 15 is 0 Å². The van der Waals surface area contributed by atoms with E-state index in [0.717, 1.165) is 25.0 Å². The van der Waals surface area contributed by atoms with E-state index in [9.17, 15) is 4.79 Å². The summed E-state index contributed by atoms with van der Waals surface area (Å²) in [5.74, 6) is 1.13. The second-order valence-corrected chi connectivity index (χ2v) is 5.66. The molecular weight excluding hydrogens is 294 g/mol. The molecule has 122 valence electrons. The Balaban J connectivity index is 1.39. The van der Waals surface area contributed by atoms with Crippen LogP contribution >= 0.6 is 0 Å². The summed E-state index contributed by atoms with van der Waals surface area (Å²) in [5.41, 5.74) is 0.903.